The molecule has 1 aliphatic rings. The van der Waals surface area contributed by atoms with Gasteiger partial charge in [-0.05, 0) is 19.3 Å². The average Bonchev–Trinajstić information content (AvgIpc) is 3.27. The zero-order valence-corrected chi connectivity index (χ0v) is 20.3. The summed E-state index contributed by atoms with van der Waals surface area (Å²) in [5.74, 6) is -1.75. The number of thiazole rings is 1. The summed E-state index contributed by atoms with van der Waals surface area (Å²) in [5, 5.41) is 7.88. The van der Waals surface area contributed by atoms with E-state index in [-0.39, 0.29) is 24.9 Å². The van der Waals surface area contributed by atoms with Gasteiger partial charge in [0.25, 0.3) is 5.91 Å². The van der Waals surface area contributed by atoms with Gasteiger partial charge in [0.1, 0.15) is 22.6 Å². The van der Waals surface area contributed by atoms with Crippen molar-refractivity contribution in [2.45, 2.75) is 50.9 Å². The number of hydrogen-bond acceptors (Lipinski definition) is 9. The second-order valence-electron chi connectivity index (χ2n) is 8.44. The third-order valence-corrected chi connectivity index (χ3v) is 5.79. The Morgan fingerprint density at radius 3 is 2.06 bits per heavy atom. The molecule has 33 heavy (non-hydrogen) atoms. The molecule has 12 heteroatoms. The van der Waals surface area contributed by atoms with Gasteiger partial charge in [0.15, 0.2) is 5.78 Å². The van der Waals surface area contributed by atoms with E-state index in [2.05, 4.69) is 20.9 Å². The van der Waals surface area contributed by atoms with Gasteiger partial charge in [0.05, 0.1) is 37.6 Å². The van der Waals surface area contributed by atoms with Crippen LogP contribution in [0.15, 0.2) is 11.7 Å². The smallest absolute Gasteiger partial charge is 0.263 e. The van der Waals surface area contributed by atoms with Crippen LogP contribution in [0, 0.1) is 5.92 Å². The lowest BCUT2D eigenvalue weighted by atomic mass is 9.93. The zero-order valence-electron chi connectivity index (χ0n) is 19.5. The van der Waals surface area contributed by atoms with Gasteiger partial charge in [-0.25, -0.2) is 0 Å². The second-order valence-corrected chi connectivity index (χ2v) is 9.32. The van der Waals surface area contributed by atoms with Crippen molar-refractivity contribution >= 4 is 34.8 Å². The number of methoxy groups -OCH3 is 2. The summed E-state index contributed by atoms with van der Waals surface area (Å²) in [7, 11) is 2.78. The van der Waals surface area contributed by atoms with E-state index in [1.165, 1.54) is 25.9 Å². The van der Waals surface area contributed by atoms with E-state index in [1.54, 1.807) is 6.92 Å². The first-order chi connectivity index (χ1) is 15.6. The summed E-state index contributed by atoms with van der Waals surface area (Å²) in [4.78, 5) is 55.1. The minimum absolute atomic E-state index is 0.109. The Kier molecular flexibility index (Phi) is 9.89. The molecule has 1 saturated heterocycles. The molecule has 4 atom stereocenters. The molecular formula is C21H32N4O7S. The van der Waals surface area contributed by atoms with Crippen molar-refractivity contribution in [1.82, 2.24) is 20.9 Å². The van der Waals surface area contributed by atoms with Gasteiger partial charge in [-0.1, -0.05) is 13.8 Å². The highest BCUT2D eigenvalue weighted by Crippen LogP contribution is 2.29. The van der Waals surface area contributed by atoms with Gasteiger partial charge in [-0.15, -0.1) is 11.3 Å². The second kappa shape index (κ2) is 12.2. The van der Waals surface area contributed by atoms with Crippen molar-refractivity contribution in [3.8, 4) is 0 Å². The number of hydrogen-bond donors (Lipinski definition) is 3. The number of ketones is 1. The van der Waals surface area contributed by atoms with Crippen LogP contribution in [0.3, 0.4) is 0 Å². The standard InChI is InChI=1S/C21H32N4O7S/c1-12(2)6-13(17(26)21(3)10-32-21)23-18(27)14(8-30-4)24-19(28)15(9-31-5)25-20(29)16-7-22-11-33-16/h7,11-15H,6,8-10H2,1-5H3,(H,23,27)(H,24,28)(H,25,29)/t13-,14-,15-,21-/m0/s1. The molecule has 1 aromatic heterocycles. The molecule has 11 nitrogen and oxygen atoms in total. The van der Waals surface area contributed by atoms with Crippen molar-refractivity contribution in [1.29, 1.82) is 0 Å². The molecule has 2 heterocycles. The Hall–Kier alpha value is -2.41. The number of ether oxygens (including phenoxy) is 3. The van der Waals surface area contributed by atoms with E-state index in [4.69, 9.17) is 14.2 Å². The van der Waals surface area contributed by atoms with Crippen LogP contribution in [0.2, 0.25) is 0 Å². The van der Waals surface area contributed by atoms with Crippen LogP contribution in [-0.4, -0.2) is 86.3 Å². The number of rotatable bonds is 14. The number of epoxide rings is 1. The Morgan fingerprint density at radius 1 is 1.06 bits per heavy atom. The molecule has 0 unspecified atom stereocenters. The molecule has 3 N–H and O–H groups in total. The summed E-state index contributed by atoms with van der Waals surface area (Å²) in [5.41, 5.74) is 0.610. The number of Topliss-reactive ketones (excluding diaryl/α,β-unsaturated/α-hetero) is 1. The van der Waals surface area contributed by atoms with Crippen LogP contribution in [0.25, 0.3) is 0 Å². The van der Waals surface area contributed by atoms with Crippen molar-refractivity contribution in [3.63, 3.8) is 0 Å². The van der Waals surface area contributed by atoms with Crippen LogP contribution >= 0.6 is 11.3 Å². The third kappa shape index (κ3) is 7.84. The predicted octanol–water partition coefficient (Wildman–Crippen LogP) is -0.0920. The number of nitrogens with zero attached hydrogens (tertiary/aromatic N) is 1. The van der Waals surface area contributed by atoms with E-state index in [9.17, 15) is 19.2 Å². The van der Waals surface area contributed by atoms with Crippen molar-refractivity contribution in [2.75, 3.05) is 34.0 Å². The Balaban J connectivity index is 2.07. The molecule has 184 valence electrons. The number of carbonyl (C=O) groups is 4. The van der Waals surface area contributed by atoms with Gasteiger partial charge in [-0.3, -0.25) is 24.2 Å². The van der Waals surface area contributed by atoms with Crippen LogP contribution < -0.4 is 16.0 Å². The predicted molar refractivity (Wildman–Crippen MR) is 120 cm³/mol. The van der Waals surface area contributed by atoms with Crippen LogP contribution in [0.1, 0.15) is 36.9 Å². The first-order valence-corrected chi connectivity index (χ1v) is 11.5. The third-order valence-electron chi connectivity index (χ3n) is 5.02. The van der Waals surface area contributed by atoms with Crippen molar-refractivity contribution < 1.29 is 33.4 Å². The van der Waals surface area contributed by atoms with Crippen molar-refractivity contribution in [3.05, 3.63) is 16.6 Å². The Bertz CT molecular complexity index is 827. The molecule has 0 saturated carbocycles. The highest BCUT2D eigenvalue weighted by atomic mass is 32.1. The highest BCUT2D eigenvalue weighted by molar-refractivity contribution is 7.11. The summed E-state index contributed by atoms with van der Waals surface area (Å²) in [6, 6.07) is -2.90. The maximum absolute atomic E-state index is 13.0. The normalized spacial score (nSPS) is 19.9. The fourth-order valence-electron chi connectivity index (χ4n) is 3.12. The zero-order chi connectivity index (χ0) is 24.6. The van der Waals surface area contributed by atoms with Crippen LogP contribution in [0.5, 0.6) is 0 Å². The number of carbonyl (C=O) groups excluding carboxylic acids is 4. The lowest BCUT2D eigenvalue weighted by Crippen LogP contribution is -2.58. The highest BCUT2D eigenvalue weighted by Gasteiger charge is 2.50. The average molecular weight is 485 g/mol. The van der Waals surface area contributed by atoms with Crippen LogP contribution in [0.4, 0.5) is 0 Å². The monoisotopic (exact) mass is 484 g/mol. The molecule has 3 amide bonds. The van der Waals surface area contributed by atoms with E-state index in [0.717, 1.165) is 11.3 Å². The largest absolute Gasteiger partial charge is 0.382 e. The lowest BCUT2D eigenvalue weighted by Gasteiger charge is -2.26. The molecule has 0 spiro atoms. The Labute approximate surface area is 196 Å². The topological polar surface area (TPSA) is 148 Å². The fourth-order valence-corrected chi connectivity index (χ4v) is 3.65. The lowest BCUT2D eigenvalue weighted by molar-refractivity contribution is -0.134. The molecular weight excluding hydrogens is 452 g/mol. The SMILES string of the molecule is COC[C@H](NC(=O)c1cncs1)C(=O)N[C@@H](COC)C(=O)N[C@@H](CC(C)C)C(=O)[C@]1(C)CO1. The summed E-state index contributed by atoms with van der Waals surface area (Å²) < 4.78 is 15.4. The summed E-state index contributed by atoms with van der Waals surface area (Å²) >= 11 is 1.13. The molecule has 1 aromatic rings. The Morgan fingerprint density at radius 2 is 1.61 bits per heavy atom. The molecule has 0 bridgehead atoms. The summed E-state index contributed by atoms with van der Waals surface area (Å²) in [6.07, 6.45) is 1.81. The van der Waals surface area contributed by atoms with E-state index < -0.39 is 41.4 Å². The van der Waals surface area contributed by atoms with Gasteiger partial charge >= 0.3 is 0 Å². The summed E-state index contributed by atoms with van der Waals surface area (Å²) in [6.45, 7) is 5.64. The minimum Gasteiger partial charge on any atom is -0.382 e. The minimum atomic E-state index is -1.09. The molecule has 0 aliphatic carbocycles. The molecule has 2 rings (SSSR count). The van der Waals surface area contributed by atoms with Crippen LogP contribution in [-0.2, 0) is 28.6 Å². The van der Waals surface area contributed by atoms with Gasteiger partial charge in [-0.2, -0.15) is 0 Å². The maximum Gasteiger partial charge on any atom is 0.263 e. The maximum atomic E-state index is 13.0. The quantitative estimate of drug-likeness (QED) is 0.310. The molecule has 1 aliphatic heterocycles. The first-order valence-electron chi connectivity index (χ1n) is 10.6. The van der Waals surface area contributed by atoms with Gasteiger partial charge in [0, 0.05) is 14.2 Å². The first kappa shape index (κ1) is 26.8. The van der Waals surface area contributed by atoms with Gasteiger partial charge < -0.3 is 30.2 Å². The van der Waals surface area contributed by atoms with Gasteiger partial charge in [0.2, 0.25) is 11.8 Å². The van der Waals surface area contributed by atoms with E-state index in [1.807, 2.05) is 13.8 Å². The fraction of sp³-hybridized carbons (Fsp3) is 0.667. The van der Waals surface area contributed by atoms with E-state index >= 15 is 0 Å². The molecule has 0 radical (unpaired) electrons. The number of amides is 3. The van der Waals surface area contributed by atoms with E-state index in [0.29, 0.717) is 17.9 Å². The molecule has 0 aromatic carbocycles. The van der Waals surface area contributed by atoms with Crippen molar-refractivity contribution in [2.24, 2.45) is 5.92 Å². The molecule has 1 fully saturated rings. The number of aromatic nitrogens is 1. The number of nitrogens with one attached hydrogen (secondary N) is 3.